The second kappa shape index (κ2) is 4.40. The predicted molar refractivity (Wildman–Crippen MR) is 65.2 cm³/mol. The van der Waals surface area contributed by atoms with Crippen molar-refractivity contribution in [2.75, 3.05) is 13.1 Å². The molecule has 4 N–H and O–H groups in total. The van der Waals surface area contributed by atoms with Gasteiger partial charge >= 0.3 is 0 Å². The first kappa shape index (κ1) is 10.1. The normalized spacial score (nSPS) is 11.3. The van der Waals surface area contributed by atoms with Crippen molar-refractivity contribution in [3.63, 3.8) is 0 Å². The highest BCUT2D eigenvalue weighted by molar-refractivity contribution is 7.27. The fourth-order valence-corrected chi connectivity index (χ4v) is 3.95. The molecule has 14 heavy (non-hydrogen) atoms. The van der Waals surface area contributed by atoms with Gasteiger partial charge in [0.1, 0.15) is 0 Å². The van der Waals surface area contributed by atoms with Crippen LogP contribution in [0.15, 0.2) is 12.1 Å². The van der Waals surface area contributed by atoms with E-state index in [2.05, 4.69) is 12.1 Å². The van der Waals surface area contributed by atoms with Crippen LogP contribution in [0.2, 0.25) is 0 Å². The maximum atomic E-state index is 5.52. The number of nitrogens with two attached hydrogens (primary N) is 2. The predicted octanol–water partition coefficient (Wildman–Crippen LogP) is 1.97. The van der Waals surface area contributed by atoms with E-state index in [1.807, 2.05) is 22.7 Å². The third kappa shape index (κ3) is 1.98. The highest BCUT2D eigenvalue weighted by Gasteiger charge is 2.05. The molecule has 0 fully saturated rings. The first-order valence-electron chi connectivity index (χ1n) is 4.74. The minimum Gasteiger partial charge on any atom is -0.330 e. The molecule has 2 nitrogen and oxygen atoms in total. The first-order valence-corrected chi connectivity index (χ1v) is 6.38. The summed E-state index contributed by atoms with van der Waals surface area (Å²) in [6, 6.07) is 4.52. The lowest BCUT2D eigenvalue weighted by Gasteiger charge is -1.90. The molecule has 0 unspecified atom stereocenters. The van der Waals surface area contributed by atoms with Crippen LogP contribution < -0.4 is 11.5 Å². The molecule has 2 aromatic rings. The average molecular weight is 226 g/mol. The van der Waals surface area contributed by atoms with Crippen LogP contribution in [0.5, 0.6) is 0 Å². The minimum atomic E-state index is 0.740. The standard InChI is InChI=1S/C10H14N2S2/c11-3-1-7-5-9-10(13-7)6-8(14-9)2-4-12/h5-6H,1-4,11-12H2. The van der Waals surface area contributed by atoms with E-state index < -0.39 is 0 Å². The topological polar surface area (TPSA) is 52.0 Å². The van der Waals surface area contributed by atoms with E-state index in [9.17, 15) is 0 Å². The number of rotatable bonds is 4. The molecule has 0 aliphatic rings. The zero-order valence-corrected chi connectivity index (χ0v) is 9.59. The van der Waals surface area contributed by atoms with Gasteiger partial charge in [-0.05, 0) is 38.1 Å². The van der Waals surface area contributed by atoms with Crippen molar-refractivity contribution < 1.29 is 0 Å². The van der Waals surface area contributed by atoms with Gasteiger partial charge in [0.05, 0.1) is 0 Å². The zero-order valence-electron chi connectivity index (χ0n) is 7.95. The largest absolute Gasteiger partial charge is 0.330 e. The third-order valence-electron chi connectivity index (χ3n) is 2.09. The Balaban J connectivity index is 2.26. The van der Waals surface area contributed by atoms with Gasteiger partial charge in [0.2, 0.25) is 0 Å². The Labute approximate surface area is 91.5 Å². The van der Waals surface area contributed by atoms with Gasteiger partial charge in [-0.1, -0.05) is 0 Å². The highest BCUT2D eigenvalue weighted by Crippen LogP contribution is 2.33. The average Bonchev–Trinajstić information content (AvgIpc) is 2.62. The Morgan fingerprint density at radius 3 is 1.64 bits per heavy atom. The summed E-state index contributed by atoms with van der Waals surface area (Å²) in [4.78, 5) is 2.79. The molecule has 0 aliphatic heterocycles. The van der Waals surface area contributed by atoms with E-state index in [0.29, 0.717) is 0 Å². The summed E-state index contributed by atoms with van der Waals surface area (Å²) < 4.78 is 2.78. The van der Waals surface area contributed by atoms with E-state index in [0.717, 1.165) is 25.9 Å². The molecule has 0 saturated carbocycles. The zero-order chi connectivity index (χ0) is 9.97. The van der Waals surface area contributed by atoms with E-state index in [-0.39, 0.29) is 0 Å². The molecule has 2 aromatic heterocycles. The smallest absolute Gasteiger partial charge is 0.0456 e. The Kier molecular flexibility index (Phi) is 3.18. The molecule has 0 amide bonds. The van der Waals surface area contributed by atoms with Gasteiger partial charge in [-0.15, -0.1) is 22.7 Å². The van der Waals surface area contributed by atoms with E-state index in [1.54, 1.807) is 0 Å². The van der Waals surface area contributed by atoms with Crippen LogP contribution in [0, 0.1) is 0 Å². The number of thiophene rings is 2. The fourth-order valence-electron chi connectivity index (χ4n) is 1.47. The molecule has 0 spiro atoms. The molecule has 0 bridgehead atoms. The molecule has 0 atom stereocenters. The van der Waals surface area contributed by atoms with Crippen molar-refractivity contribution in [3.8, 4) is 0 Å². The number of fused-ring (bicyclic) bond motifs is 1. The van der Waals surface area contributed by atoms with Crippen molar-refractivity contribution in [1.29, 1.82) is 0 Å². The fraction of sp³-hybridized carbons (Fsp3) is 0.400. The molecule has 2 heterocycles. The van der Waals surface area contributed by atoms with Gasteiger partial charge in [0, 0.05) is 19.2 Å². The van der Waals surface area contributed by atoms with E-state index in [1.165, 1.54) is 19.2 Å². The molecule has 0 aliphatic carbocycles. The lowest BCUT2D eigenvalue weighted by atomic mass is 10.3. The van der Waals surface area contributed by atoms with Gasteiger partial charge in [-0.25, -0.2) is 0 Å². The van der Waals surface area contributed by atoms with Crippen LogP contribution >= 0.6 is 22.7 Å². The molecule has 2 rings (SSSR count). The summed E-state index contributed by atoms with van der Waals surface area (Å²) in [7, 11) is 0. The number of hydrogen-bond acceptors (Lipinski definition) is 4. The first-order chi connectivity index (χ1) is 6.83. The van der Waals surface area contributed by atoms with Crippen LogP contribution in [0.1, 0.15) is 9.75 Å². The summed E-state index contributed by atoms with van der Waals surface area (Å²) >= 11 is 3.72. The molecule has 0 saturated heterocycles. The molecule has 0 radical (unpaired) electrons. The molecule has 4 heteroatoms. The Morgan fingerprint density at radius 1 is 0.857 bits per heavy atom. The molecular weight excluding hydrogens is 212 g/mol. The monoisotopic (exact) mass is 226 g/mol. The van der Waals surface area contributed by atoms with Crippen molar-refractivity contribution >= 4 is 32.1 Å². The molecular formula is C10H14N2S2. The van der Waals surface area contributed by atoms with Crippen LogP contribution in [-0.4, -0.2) is 13.1 Å². The second-order valence-electron chi connectivity index (χ2n) is 3.23. The maximum Gasteiger partial charge on any atom is 0.0456 e. The van der Waals surface area contributed by atoms with Gasteiger partial charge in [-0.2, -0.15) is 0 Å². The quantitative estimate of drug-likeness (QED) is 0.837. The van der Waals surface area contributed by atoms with Crippen molar-refractivity contribution in [2.45, 2.75) is 12.8 Å². The van der Waals surface area contributed by atoms with Crippen molar-refractivity contribution in [2.24, 2.45) is 11.5 Å². The van der Waals surface area contributed by atoms with Crippen molar-refractivity contribution in [3.05, 3.63) is 21.9 Å². The highest BCUT2D eigenvalue weighted by atomic mass is 32.1. The molecule has 0 aromatic carbocycles. The van der Waals surface area contributed by atoms with Gasteiger partial charge in [0.25, 0.3) is 0 Å². The van der Waals surface area contributed by atoms with Gasteiger partial charge in [0.15, 0.2) is 0 Å². The lowest BCUT2D eigenvalue weighted by Crippen LogP contribution is -2.00. The SMILES string of the molecule is NCCc1cc2sc(CCN)cc2s1. The molecule has 76 valence electrons. The summed E-state index contributed by atoms with van der Waals surface area (Å²) in [5.41, 5.74) is 11.0. The maximum absolute atomic E-state index is 5.52. The van der Waals surface area contributed by atoms with E-state index in [4.69, 9.17) is 11.5 Å². The van der Waals surface area contributed by atoms with Gasteiger partial charge in [-0.3, -0.25) is 0 Å². The minimum absolute atomic E-state index is 0.740. The van der Waals surface area contributed by atoms with Crippen LogP contribution in [-0.2, 0) is 12.8 Å². The van der Waals surface area contributed by atoms with Gasteiger partial charge < -0.3 is 11.5 Å². The summed E-state index contributed by atoms with van der Waals surface area (Å²) in [5.74, 6) is 0. The van der Waals surface area contributed by atoms with Crippen LogP contribution in [0.3, 0.4) is 0 Å². The second-order valence-corrected chi connectivity index (χ2v) is 5.57. The van der Waals surface area contributed by atoms with Crippen LogP contribution in [0.4, 0.5) is 0 Å². The Bertz CT molecular complexity index is 350. The lowest BCUT2D eigenvalue weighted by molar-refractivity contribution is 0.988. The van der Waals surface area contributed by atoms with Crippen LogP contribution in [0.25, 0.3) is 9.40 Å². The summed E-state index contributed by atoms with van der Waals surface area (Å²) in [6.07, 6.45) is 2.00. The Hall–Kier alpha value is -0.420. The Morgan fingerprint density at radius 2 is 1.29 bits per heavy atom. The summed E-state index contributed by atoms with van der Waals surface area (Å²) in [5, 5.41) is 0. The number of hydrogen-bond donors (Lipinski definition) is 2. The third-order valence-corrected chi connectivity index (χ3v) is 4.50. The van der Waals surface area contributed by atoms with E-state index >= 15 is 0 Å². The van der Waals surface area contributed by atoms with Crippen molar-refractivity contribution in [1.82, 2.24) is 0 Å². The summed E-state index contributed by atoms with van der Waals surface area (Å²) in [6.45, 7) is 1.48.